The Balaban J connectivity index is 1.43. The van der Waals surface area contributed by atoms with Gasteiger partial charge in [-0.2, -0.15) is 0 Å². The molecule has 0 spiro atoms. The summed E-state index contributed by atoms with van der Waals surface area (Å²) in [5.74, 6) is 0.773. The molecule has 4 rings (SSSR count). The van der Waals surface area contributed by atoms with Gasteiger partial charge < -0.3 is 14.8 Å². The molecule has 7 nitrogen and oxygen atoms in total. The Morgan fingerprint density at radius 3 is 2.42 bits per heavy atom. The van der Waals surface area contributed by atoms with Crippen LogP contribution in [0.15, 0.2) is 85.1 Å². The van der Waals surface area contributed by atoms with Crippen LogP contribution in [0, 0.1) is 0 Å². The molecule has 0 saturated heterocycles. The third-order valence-corrected chi connectivity index (χ3v) is 5.77. The average Bonchev–Trinajstić information content (AvgIpc) is 3.23. The minimum atomic E-state index is -3.61. The lowest BCUT2D eigenvalue weighted by molar-refractivity contribution is 0.104. The second-order valence-electron chi connectivity index (χ2n) is 6.80. The maximum absolute atomic E-state index is 12.5. The van der Waals surface area contributed by atoms with Crippen LogP contribution in [0.25, 0.3) is 0 Å². The Morgan fingerprint density at radius 1 is 0.903 bits per heavy atom. The Morgan fingerprint density at radius 2 is 1.61 bits per heavy atom. The third-order valence-electron chi connectivity index (χ3n) is 4.52. The van der Waals surface area contributed by atoms with Crippen molar-refractivity contribution in [3.8, 4) is 11.5 Å². The number of carbonyl (C=O) groups is 1. The molecular weight excluding hydrogens is 416 g/mol. The fraction of sp³-hybridized carbons (Fsp3) is 0.0870. The molecule has 1 aliphatic heterocycles. The van der Waals surface area contributed by atoms with Gasteiger partial charge in [0.1, 0.15) is 0 Å². The number of carbonyl (C=O) groups excluding carboxylic acids is 1. The summed E-state index contributed by atoms with van der Waals surface area (Å²) in [6.07, 6.45) is 2.84. The van der Waals surface area contributed by atoms with Gasteiger partial charge in [-0.25, -0.2) is 8.42 Å². The van der Waals surface area contributed by atoms with Gasteiger partial charge >= 0.3 is 0 Å². The van der Waals surface area contributed by atoms with Crippen molar-refractivity contribution < 1.29 is 22.7 Å². The van der Waals surface area contributed by atoms with Crippen LogP contribution in [0.4, 0.5) is 11.4 Å². The second-order valence-corrected chi connectivity index (χ2v) is 8.52. The molecule has 0 atom stereocenters. The fourth-order valence-electron chi connectivity index (χ4n) is 3.05. The number of ketones is 1. The molecule has 0 radical (unpaired) electrons. The van der Waals surface area contributed by atoms with E-state index in [1.54, 1.807) is 66.7 Å². The normalized spacial score (nSPS) is 12.6. The van der Waals surface area contributed by atoms with Gasteiger partial charge in [-0.1, -0.05) is 42.5 Å². The van der Waals surface area contributed by atoms with Crippen molar-refractivity contribution in [2.24, 2.45) is 0 Å². The number of hydrogen-bond donors (Lipinski definition) is 2. The minimum absolute atomic E-state index is 0.138. The first-order valence-electron chi connectivity index (χ1n) is 9.51. The Hall–Kier alpha value is -3.78. The molecular formula is C23H20N2O5S. The maximum atomic E-state index is 12.5. The van der Waals surface area contributed by atoms with Crippen LogP contribution in [-0.4, -0.2) is 21.0 Å². The summed E-state index contributed by atoms with van der Waals surface area (Å²) in [5, 5.41) is 2.97. The van der Waals surface area contributed by atoms with Crippen LogP contribution in [-0.2, 0) is 15.8 Å². The van der Waals surface area contributed by atoms with E-state index in [-0.39, 0.29) is 18.3 Å². The largest absolute Gasteiger partial charge is 0.454 e. The van der Waals surface area contributed by atoms with Crippen LogP contribution in [0.1, 0.15) is 15.9 Å². The van der Waals surface area contributed by atoms with Gasteiger partial charge in [0.25, 0.3) is 0 Å². The maximum Gasteiger partial charge on any atom is 0.236 e. The lowest BCUT2D eigenvalue weighted by Gasteiger charge is -2.12. The first-order valence-corrected chi connectivity index (χ1v) is 11.2. The molecule has 0 aromatic heterocycles. The highest BCUT2D eigenvalue weighted by atomic mass is 32.2. The molecule has 0 unspecified atom stereocenters. The van der Waals surface area contributed by atoms with E-state index in [1.165, 1.54) is 12.3 Å². The number of para-hydroxylation sites is 2. The van der Waals surface area contributed by atoms with Crippen molar-refractivity contribution in [3.63, 3.8) is 0 Å². The van der Waals surface area contributed by atoms with Gasteiger partial charge in [0.15, 0.2) is 17.3 Å². The molecule has 0 amide bonds. The number of nitrogens with one attached hydrogen (secondary N) is 2. The Bertz CT molecular complexity index is 1220. The molecule has 0 saturated carbocycles. The number of fused-ring (bicyclic) bond motifs is 1. The number of allylic oxidation sites excluding steroid dienone is 1. The zero-order chi connectivity index (χ0) is 21.7. The van der Waals surface area contributed by atoms with E-state index >= 15 is 0 Å². The van der Waals surface area contributed by atoms with Crippen molar-refractivity contribution in [1.29, 1.82) is 0 Å². The summed E-state index contributed by atoms with van der Waals surface area (Å²) < 4.78 is 38.2. The summed E-state index contributed by atoms with van der Waals surface area (Å²) in [4.78, 5) is 12.4. The van der Waals surface area contributed by atoms with Gasteiger partial charge in [-0.05, 0) is 35.9 Å². The zero-order valence-electron chi connectivity index (χ0n) is 16.4. The van der Waals surface area contributed by atoms with E-state index in [0.29, 0.717) is 34.0 Å². The van der Waals surface area contributed by atoms with Crippen LogP contribution in [0.3, 0.4) is 0 Å². The van der Waals surface area contributed by atoms with Gasteiger partial charge in [0.2, 0.25) is 16.8 Å². The molecule has 0 fully saturated rings. The Labute approximate surface area is 180 Å². The molecule has 158 valence electrons. The molecule has 31 heavy (non-hydrogen) atoms. The van der Waals surface area contributed by atoms with E-state index in [4.69, 9.17) is 9.47 Å². The van der Waals surface area contributed by atoms with E-state index < -0.39 is 10.0 Å². The van der Waals surface area contributed by atoms with Crippen molar-refractivity contribution in [1.82, 2.24) is 0 Å². The summed E-state index contributed by atoms with van der Waals surface area (Å²) in [5.41, 5.74) is 2.06. The molecule has 1 aliphatic rings. The number of anilines is 2. The monoisotopic (exact) mass is 436 g/mol. The highest BCUT2D eigenvalue weighted by Crippen LogP contribution is 2.32. The van der Waals surface area contributed by atoms with Crippen LogP contribution in [0.2, 0.25) is 0 Å². The molecule has 3 aromatic carbocycles. The quantitative estimate of drug-likeness (QED) is 0.407. The molecule has 8 heteroatoms. The number of sulfonamides is 1. The fourth-order valence-corrected chi connectivity index (χ4v) is 4.26. The number of rotatable bonds is 8. The highest BCUT2D eigenvalue weighted by Gasteiger charge is 2.16. The minimum Gasteiger partial charge on any atom is -0.454 e. The van der Waals surface area contributed by atoms with Crippen molar-refractivity contribution in [2.45, 2.75) is 5.75 Å². The van der Waals surface area contributed by atoms with Crippen LogP contribution in [0.5, 0.6) is 11.5 Å². The predicted octanol–water partition coefficient (Wildman–Crippen LogP) is 4.17. The summed E-state index contributed by atoms with van der Waals surface area (Å²) in [7, 11) is -3.61. The topological polar surface area (TPSA) is 93.7 Å². The first-order chi connectivity index (χ1) is 15.0. The summed E-state index contributed by atoms with van der Waals surface area (Å²) in [6.45, 7) is 0.140. The van der Waals surface area contributed by atoms with Crippen molar-refractivity contribution >= 4 is 27.2 Å². The number of benzene rings is 3. The molecule has 0 aliphatic carbocycles. The Kier molecular flexibility index (Phi) is 5.90. The van der Waals surface area contributed by atoms with E-state index in [0.717, 1.165) is 0 Å². The number of ether oxygens (including phenoxy) is 2. The highest BCUT2D eigenvalue weighted by molar-refractivity contribution is 7.91. The second kappa shape index (κ2) is 8.93. The van der Waals surface area contributed by atoms with Gasteiger partial charge in [0, 0.05) is 17.8 Å². The molecule has 1 heterocycles. The predicted molar refractivity (Wildman–Crippen MR) is 119 cm³/mol. The van der Waals surface area contributed by atoms with E-state index in [2.05, 4.69) is 10.0 Å². The van der Waals surface area contributed by atoms with Gasteiger partial charge in [0.05, 0.1) is 17.1 Å². The summed E-state index contributed by atoms with van der Waals surface area (Å²) >= 11 is 0. The lowest BCUT2D eigenvalue weighted by atomic mass is 10.1. The average molecular weight is 436 g/mol. The number of hydrogen-bond acceptors (Lipinski definition) is 6. The molecule has 0 bridgehead atoms. The third kappa shape index (κ3) is 5.23. The van der Waals surface area contributed by atoms with Crippen molar-refractivity contribution in [3.05, 3.63) is 96.2 Å². The SMILES string of the molecule is O=C(/C=C\Nc1ccccc1NS(=O)(=O)Cc1ccccc1)c1ccc2c(c1)OCO2. The smallest absolute Gasteiger partial charge is 0.236 e. The first kappa shape index (κ1) is 20.5. The van der Waals surface area contributed by atoms with E-state index in [9.17, 15) is 13.2 Å². The van der Waals surface area contributed by atoms with Gasteiger partial charge in [-0.3, -0.25) is 9.52 Å². The zero-order valence-corrected chi connectivity index (χ0v) is 17.3. The van der Waals surface area contributed by atoms with E-state index in [1.807, 2.05) is 6.07 Å². The molecule has 3 aromatic rings. The van der Waals surface area contributed by atoms with Crippen molar-refractivity contribution in [2.75, 3.05) is 16.8 Å². The van der Waals surface area contributed by atoms with Gasteiger partial charge in [-0.15, -0.1) is 0 Å². The summed E-state index contributed by atoms with van der Waals surface area (Å²) in [6, 6.07) is 20.8. The lowest BCUT2D eigenvalue weighted by Crippen LogP contribution is -2.15. The molecule has 2 N–H and O–H groups in total. The van der Waals surface area contributed by atoms with Crippen LogP contribution < -0.4 is 19.5 Å². The standard InChI is InChI=1S/C23H20N2O5S/c26-21(18-10-11-22-23(14-18)30-16-29-22)12-13-24-19-8-4-5-9-20(19)25-31(27,28)15-17-6-2-1-3-7-17/h1-14,24-25H,15-16H2/b13-12-. The van der Waals surface area contributed by atoms with Crippen LogP contribution >= 0.6 is 0 Å².